The van der Waals surface area contributed by atoms with Gasteiger partial charge >= 0.3 is 0 Å². The maximum absolute atomic E-state index is 5.92. The Morgan fingerprint density at radius 3 is 2.82 bits per heavy atom. The van der Waals surface area contributed by atoms with Crippen LogP contribution >= 0.6 is 15.9 Å². The van der Waals surface area contributed by atoms with E-state index >= 15 is 0 Å². The Kier molecular flexibility index (Phi) is 2.29. The lowest BCUT2D eigenvalue weighted by Gasteiger charge is -2.07. The number of anilines is 1. The molecule has 0 saturated heterocycles. The topological polar surface area (TPSA) is 69.6 Å². The third-order valence-corrected chi connectivity index (χ3v) is 3.05. The van der Waals surface area contributed by atoms with Crippen LogP contribution in [0.25, 0.3) is 16.7 Å². The molecule has 0 aliphatic heterocycles. The van der Waals surface area contributed by atoms with Gasteiger partial charge in [-0.2, -0.15) is 0 Å². The Bertz CT molecular complexity index is 671. The van der Waals surface area contributed by atoms with Gasteiger partial charge in [0.05, 0.1) is 21.9 Å². The molecule has 0 fully saturated rings. The summed E-state index contributed by atoms with van der Waals surface area (Å²) in [4.78, 5) is 4.00. The Hall–Kier alpha value is -1.95. The van der Waals surface area contributed by atoms with Crippen LogP contribution in [0, 0.1) is 0 Å². The molecule has 5 nitrogen and oxygen atoms in total. The summed E-state index contributed by atoms with van der Waals surface area (Å²) in [7, 11) is 0. The van der Waals surface area contributed by atoms with Crippen molar-refractivity contribution in [2.24, 2.45) is 0 Å². The second-order valence-corrected chi connectivity index (χ2v) is 4.40. The first-order chi connectivity index (χ1) is 8.27. The Balaban J connectivity index is 2.35. The van der Waals surface area contributed by atoms with E-state index in [1.54, 1.807) is 17.1 Å². The van der Waals surface area contributed by atoms with Crippen LogP contribution in [0.3, 0.4) is 0 Å². The molecule has 0 saturated carbocycles. The van der Waals surface area contributed by atoms with Crippen molar-refractivity contribution in [3.8, 4) is 5.69 Å². The molecule has 2 N–H and O–H groups in total. The molecule has 6 heteroatoms. The maximum Gasteiger partial charge on any atom is 0.113 e. The molecule has 0 aliphatic carbocycles. The van der Waals surface area contributed by atoms with E-state index in [0.29, 0.717) is 5.69 Å². The zero-order valence-electron chi connectivity index (χ0n) is 8.71. The van der Waals surface area contributed by atoms with Crippen LogP contribution in [0.1, 0.15) is 0 Å². The summed E-state index contributed by atoms with van der Waals surface area (Å²) in [6, 6.07) is 7.71. The Morgan fingerprint density at radius 2 is 2.00 bits per heavy atom. The van der Waals surface area contributed by atoms with Gasteiger partial charge in [-0.25, -0.2) is 4.68 Å². The van der Waals surface area contributed by atoms with Crippen LogP contribution in [0.5, 0.6) is 0 Å². The van der Waals surface area contributed by atoms with Crippen LogP contribution in [0.15, 0.2) is 41.1 Å². The predicted molar refractivity (Wildman–Crippen MR) is 68.8 cm³/mol. The third kappa shape index (κ3) is 1.57. The van der Waals surface area contributed by atoms with Gasteiger partial charge in [-0.15, -0.1) is 5.10 Å². The monoisotopic (exact) mass is 289 g/mol. The molecule has 0 amide bonds. The first kappa shape index (κ1) is 10.2. The molecule has 0 spiro atoms. The lowest BCUT2D eigenvalue weighted by Crippen LogP contribution is -2.03. The largest absolute Gasteiger partial charge is 0.396 e. The summed E-state index contributed by atoms with van der Waals surface area (Å²) in [5.41, 5.74) is 8.97. The number of nitrogen functional groups attached to an aromatic ring is 1. The van der Waals surface area contributed by atoms with Crippen molar-refractivity contribution in [1.29, 1.82) is 0 Å². The van der Waals surface area contributed by atoms with Crippen molar-refractivity contribution >= 4 is 32.7 Å². The number of halogens is 1. The molecule has 0 atom stereocenters. The summed E-state index contributed by atoms with van der Waals surface area (Å²) in [6.45, 7) is 0. The number of fused-ring (bicyclic) bond motifs is 1. The van der Waals surface area contributed by atoms with Crippen molar-refractivity contribution in [2.45, 2.75) is 0 Å². The fourth-order valence-corrected chi connectivity index (χ4v) is 2.22. The van der Waals surface area contributed by atoms with E-state index in [1.807, 2.05) is 24.3 Å². The number of benzene rings is 1. The summed E-state index contributed by atoms with van der Waals surface area (Å²) in [6.07, 6.45) is 3.28. The predicted octanol–water partition coefficient (Wildman–Crippen LogP) is 2.16. The van der Waals surface area contributed by atoms with Gasteiger partial charge in [-0.3, -0.25) is 4.98 Å². The third-order valence-electron chi connectivity index (χ3n) is 2.46. The van der Waals surface area contributed by atoms with Gasteiger partial charge in [0.15, 0.2) is 0 Å². The zero-order chi connectivity index (χ0) is 11.8. The molecule has 0 unspecified atom stereocenters. The minimum Gasteiger partial charge on any atom is -0.396 e. The maximum atomic E-state index is 5.92. The van der Waals surface area contributed by atoms with E-state index in [4.69, 9.17) is 5.73 Å². The Labute approximate surface area is 105 Å². The number of nitrogens with two attached hydrogens (primary N) is 1. The minimum atomic E-state index is 0.551. The highest BCUT2D eigenvalue weighted by Crippen LogP contribution is 2.27. The van der Waals surface area contributed by atoms with Crippen molar-refractivity contribution in [3.63, 3.8) is 0 Å². The molecule has 3 rings (SSSR count). The highest BCUT2D eigenvalue weighted by Gasteiger charge is 2.12. The summed E-state index contributed by atoms with van der Waals surface area (Å²) < 4.78 is 2.49. The second-order valence-electron chi connectivity index (χ2n) is 3.55. The number of hydrogen-bond donors (Lipinski definition) is 1. The average Bonchev–Trinajstić information content (AvgIpc) is 2.73. The number of rotatable bonds is 1. The minimum absolute atomic E-state index is 0.551. The van der Waals surface area contributed by atoms with Gasteiger partial charge in [0.25, 0.3) is 0 Å². The van der Waals surface area contributed by atoms with E-state index in [2.05, 4.69) is 31.2 Å². The smallest absolute Gasteiger partial charge is 0.113 e. The molecule has 84 valence electrons. The molecule has 0 radical (unpaired) electrons. The molecule has 17 heavy (non-hydrogen) atoms. The molecule has 2 heterocycles. The zero-order valence-corrected chi connectivity index (χ0v) is 10.3. The fraction of sp³-hybridized carbons (Fsp3) is 0. The van der Waals surface area contributed by atoms with Gasteiger partial charge < -0.3 is 5.73 Å². The number of hydrogen-bond acceptors (Lipinski definition) is 4. The summed E-state index contributed by atoms with van der Waals surface area (Å²) in [5.74, 6) is 0. The van der Waals surface area contributed by atoms with Crippen LogP contribution in [0.4, 0.5) is 5.69 Å². The van der Waals surface area contributed by atoms with Gasteiger partial charge in [-0.1, -0.05) is 17.3 Å². The van der Waals surface area contributed by atoms with Gasteiger partial charge in [0, 0.05) is 6.20 Å². The molecular formula is C11H8BrN5. The first-order valence-corrected chi connectivity index (χ1v) is 5.76. The number of para-hydroxylation sites is 1. The molecule has 2 aromatic heterocycles. The van der Waals surface area contributed by atoms with Crippen molar-refractivity contribution in [3.05, 3.63) is 41.1 Å². The van der Waals surface area contributed by atoms with Crippen molar-refractivity contribution in [2.75, 3.05) is 5.73 Å². The lowest BCUT2D eigenvalue weighted by molar-refractivity contribution is 0.821. The van der Waals surface area contributed by atoms with E-state index in [0.717, 1.165) is 21.2 Å². The second kappa shape index (κ2) is 3.81. The van der Waals surface area contributed by atoms with Crippen molar-refractivity contribution < 1.29 is 0 Å². The van der Waals surface area contributed by atoms with Crippen LogP contribution in [-0.2, 0) is 0 Å². The number of pyridine rings is 1. The quantitative estimate of drug-likeness (QED) is 0.745. The fourth-order valence-electron chi connectivity index (χ4n) is 1.70. The highest BCUT2D eigenvalue weighted by molar-refractivity contribution is 9.10. The van der Waals surface area contributed by atoms with Gasteiger partial charge in [-0.05, 0) is 28.1 Å². The molecule has 0 aliphatic rings. The lowest BCUT2D eigenvalue weighted by atomic mass is 10.3. The number of aromatic nitrogens is 4. The SMILES string of the molecule is Nc1cncc(Br)c1-n1nnc2ccccc21. The normalized spacial score (nSPS) is 10.9. The van der Waals surface area contributed by atoms with E-state index in [-0.39, 0.29) is 0 Å². The van der Waals surface area contributed by atoms with E-state index < -0.39 is 0 Å². The van der Waals surface area contributed by atoms with Crippen LogP contribution in [-0.4, -0.2) is 20.0 Å². The first-order valence-electron chi connectivity index (χ1n) is 4.97. The van der Waals surface area contributed by atoms with Gasteiger partial charge in [0.1, 0.15) is 11.2 Å². The molecule has 0 bridgehead atoms. The average molecular weight is 290 g/mol. The molecule has 1 aromatic carbocycles. The molecular weight excluding hydrogens is 282 g/mol. The standard InChI is InChI=1S/C11H8BrN5/c12-7-5-14-6-8(13)11(7)17-10-4-2-1-3-9(10)15-16-17/h1-6H,13H2. The van der Waals surface area contributed by atoms with E-state index in [1.165, 1.54) is 0 Å². The van der Waals surface area contributed by atoms with E-state index in [9.17, 15) is 0 Å². The summed E-state index contributed by atoms with van der Waals surface area (Å²) >= 11 is 3.42. The van der Waals surface area contributed by atoms with Crippen LogP contribution in [0.2, 0.25) is 0 Å². The summed E-state index contributed by atoms with van der Waals surface area (Å²) in [5, 5.41) is 8.21. The van der Waals surface area contributed by atoms with Gasteiger partial charge in [0.2, 0.25) is 0 Å². The Morgan fingerprint density at radius 1 is 1.18 bits per heavy atom. The number of nitrogens with zero attached hydrogens (tertiary/aromatic N) is 4. The van der Waals surface area contributed by atoms with Crippen LogP contribution < -0.4 is 5.73 Å². The molecule has 3 aromatic rings. The highest BCUT2D eigenvalue weighted by atomic mass is 79.9. The van der Waals surface area contributed by atoms with Crippen molar-refractivity contribution in [1.82, 2.24) is 20.0 Å².